The number of nitrogens with one attached hydrogen (secondary N) is 1. The lowest BCUT2D eigenvalue weighted by molar-refractivity contribution is 0.580. The SMILES string of the molecule is Cc1ccc(CNS(=O)(=O)Cc2ccccc2C)cc1. The van der Waals surface area contributed by atoms with Gasteiger partial charge in [-0.05, 0) is 30.5 Å². The molecule has 0 bridgehead atoms. The van der Waals surface area contributed by atoms with Gasteiger partial charge in [-0.3, -0.25) is 0 Å². The van der Waals surface area contributed by atoms with Crippen molar-refractivity contribution >= 4 is 10.0 Å². The number of aryl methyl sites for hydroxylation is 2. The van der Waals surface area contributed by atoms with Crippen LogP contribution in [0.5, 0.6) is 0 Å². The topological polar surface area (TPSA) is 46.2 Å². The highest BCUT2D eigenvalue weighted by Crippen LogP contribution is 2.11. The Hall–Kier alpha value is -1.65. The number of benzene rings is 2. The maximum Gasteiger partial charge on any atom is 0.216 e. The van der Waals surface area contributed by atoms with Crippen LogP contribution in [0.1, 0.15) is 22.3 Å². The molecule has 2 aromatic rings. The van der Waals surface area contributed by atoms with Gasteiger partial charge in [-0.25, -0.2) is 13.1 Å². The number of hydrogen-bond acceptors (Lipinski definition) is 2. The van der Waals surface area contributed by atoms with Gasteiger partial charge in [0.25, 0.3) is 0 Å². The summed E-state index contributed by atoms with van der Waals surface area (Å²) >= 11 is 0. The van der Waals surface area contributed by atoms with Crippen molar-refractivity contribution in [2.24, 2.45) is 0 Å². The van der Waals surface area contributed by atoms with Gasteiger partial charge < -0.3 is 0 Å². The van der Waals surface area contributed by atoms with Crippen LogP contribution in [0.15, 0.2) is 48.5 Å². The third kappa shape index (κ3) is 4.18. The summed E-state index contributed by atoms with van der Waals surface area (Å²) in [5.74, 6) is 0.0194. The molecule has 20 heavy (non-hydrogen) atoms. The Labute approximate surface area is 120 Å². The van der Waals surface area contributed by atoms with Gasteiger partial charge in [0.2, 0.25) is 10.0 Å². The van der Waals surface area contributed by atoms with Crippen LogP contribution in [0.25, 0.3) is 0 Å². The maximum atomic E-state index is 12.1. The minimum absolute atomic E-state index is 0.0194. The van der Waals surface area contributed by atoms with Crippen molar-refractivity contribution in [3.63, 3.8) is 0 Å². The fourth-order valence-electron chi connectivity index (χ4n) is 1.93. The summed E-state index contributed by atoms with van der Waals surface area (Å²) in [6, 6.07) is 15.4. The Morgan fingerprint density at radius 2 is 1.60 bits per heavy atom. The Morgan fingerprint density at radius 1 is 0.950 bits per heavy atom. The summed E-state index contributed by atoms with van der Waals surface area (Å²) in [7, 11) is -3.32. The van der Waals surface area contributed by atoms with Gasteiger partial charge in [0.05, 0.1) is 5.75 Å². The maximum absolute atomic E-state index is 12.1. The molecule has 0 unspecified atom stereocenters. The van der Waals surface area contributed by atoms with E-state index in [9.17, 15) is 8.42 Å². The van der Waals surface area contributed by atoms with E-state index in [1.54, 1.807) is 0 Å². The summed E-state index contributed by atoms with van der Waals surface area (Å²) in [4.78, 5) is 0. The number of rotatable bonds is 5. The standard InChI is InChI=1S/C16H19NO2S/c1-13-7-9-15(10-8-13)11-17-20(18,19)12-16-6-4-3-5-14(16)2/h3-10,17H,11-12H2,1-2H3. The van der Waals surface area contributed by atoms with E-state index in [0.29, 0.717) is 6.54 Å². The predicted molar refractivity (Wildman–Crippen MR) is 81.8 cm³/mol. The average molecular weight is 289 g/mol. The number of hydrogen-bond donors (Lipinski definition) is 1. The van der Waals surface area contributed by atoms with Crippen LogP contribution < -0.4 is 4.72 Å². The van der Waals surface area contributed by atoms with Gasteiger partial charge in [0.15, 0.2) is 0 Å². The van der Waals surface area contributed by atoms with Gasteiger partial charge in [0.1, 0.15) is 0 Å². The molecule has 0 saturated heterocycles. The molecule has 0 radical (unpaired) electrons. The van der Waals surface area contributed by atoms with E-state index in [4.69, 9.17) is 0 Å². The zero-order valence-corrected chi connectivity index (χ0v) is 12.6. The number of sulfonamides is 1. The van der Waals surface area contributed by atoms with Gasteiger partial charge >= 0.3 is 0 Å². The zero-order chi connectivity index (χ0) is 14.6. The summed E-state index contributed by atoms with van der Waals surface area (Å²) in [6.07, 6.45) is 0. The summed E-state index contributed by atoms with van der Waals surface area (Å²) in [6.45, 7) is 4.26. The molecule has 106 valence electrons. The highest BCUT2D eigenvalue weighted by atomic mass is 32.2. The van der Waals surface area contributed by atoms with Crippen molar-refractivity contribution < 1.29 is 8.42 Å². The molecule has 0 saturated carbocycles. The first-order valence-electron chi connectivity index (χ1n) is 6.54. The second-order valence-corrected chi connectivity index (χ2v) is 6.80. The molecule has 0 spiro atoms. The smallest absolute Gasteiger partial charge is 0.212 e. The molecule has 0 heterocycles. The summed E-state index contributed by atoms with van der Waals surface area (Å²) in [5.41, 5.74) is 3.96. The van der Waals surface area contributed by atoms with E-state index >= 15 is 0 Å². The van der Waals surface area contributed by atoms with Crippen LogP contribution in [0.3, 0.4) is 0 Å². The molecule has 4 heteroatoms. The van der Waals surface area contributed by atoms with Crippen LogP contribution in [0, 0.1) is 13.8 Å². The Kier molecular flexibility index (Phi) is 4.57. The molecule has 0 aliphatic heterocycles. The van der Waals surface area contributed by atoms with Crippen LogP contribution in [0.2, 0.25) is 0 Å². The lowest BCUT2D eigenvalue weighted by atomic mass is 10.1. The van der Waals surface area contributed by atoms with Crippen molar-refractivity contribution in [2.75, 3.05) is 0 Å². The largest absolute Gasteiger partial charge is 0.216 e. The zero-order valence-electron chi connectivity index (χ0n) is 11.8. The summed E-state index contributed by atoms with van der Waals surface area (Å²) in [5, 5.41) is 0. The van der Waals surface area contributed by atoms with Crippen LogP contribution >= 0.6 is 0 Å². The second-order valence-electron chi connectivity index (χ2n) is 4.99. The van der Waals surface area contributed by atoms with E-state index in [2.05, 4.69) is 4.72 Å². The molecule has 2 aromatic carbocycles. The van der Waals surface area contributed by atoms with Crippen molar-refractivity contribution in [3.8, 4) is 0 Å². The van der Waals surface area contributed by atoms with E-state index < -0.39 is 10.0 Å². The fourth-order valence-corrected chi connectivity index (χ4v) is 3.15. The molecule has 0 aliphatic rings. The lowest BCUT2D eigenvalue weighted by Gasteiger charge is -2.09. The molecule has 0 amide bonds. The molecule has 1 N–H and O–H groups in total. The second kappa shape index (κ2) is 6.20. The van der Waals surface area contributed by atoms with Gasteiger partial charge in [-0.2, -0.15) is 0 Å². The molecule has 0 fully saturated rings. The van der Waals surface area contributed by atoms with E-state index in [0.717, 1.165) is 22.3 Å². The first-order valence-corrected chi connectivity index (χ1v) is 8.19. The normalized spacial score (nSPS) is 11.5. The van der Waals surface area contributed by atoms with Crippen molar-refractivity contribution in [1.29, 1.82) is 0 Å². The minimum Gasteiger partial charge on any atom is -0.212 e. The predicted octanol–water partition coefficient (Wildman–Crippen LogP) is 2.92. The Balaban J connectivity index is 2.01. The third-order valence-electron chi connectivity index (χ3n) is 3.22. The highest BCUT2D eigenvalue weighted by molar-refractivity contribution is 7.88. The van der Waals surface area contributed by atoms with Crippen molar-refractivity contribution in [2.45, 2.75) is 26.1 Å². The average Bonchev–Trinajstić information content (AvgIpc) is 2.41. The van der Waals surface area contributed by atoms with Crippen LogP contribution in [-0.4, -0.2) is 8.42 Å². The van der Waals surface area contributed by atoms with Crippen LogP contribution in [-0.2, 0) is 22.3 Å². The molecule has 0 aliphatic carbocycles. The van der Waals surface area contributed by atoms with Crippen molar-refractivity contribution in [1.82, 2.24) is 4.72 Å². The van der Waals surface area contributed by atoms with Crippen molar-refractivity contribution in [3.05, 3.63) is 70.8 Å². The first-order chi connectivity index (χ1) is 9.46. The molecular weight excluding hydrogens is 270 g/mol. The van der Waals surface area contributed by atoms with Gasteiger partial charge in [-0.15, -0.1) is 0 Å². The third-order valence-corrected chi connectivity index (χ3v) is 4.50. The lowest BCUT2D eigenvalue weighted by Crippen LogP contribution is -2.25. The van der Waals surface area contributed by atoms with Gasteiger partial charge in [-0.1, -0.05) is 54.1 Å². The molecule has 2 rings (SSSR count). The van der Waals surface area contributed by atoms with E-state index in [-0.39, 0.29) is 5.75 Å². The monoisotopic (exact) mass is 289 g/mol. The molecular formula is C16H19NO2S. The quantitative estimate of drug-likeness (QED) is 0.920. The minimum atomic E-state index is -3.32. The van der Waals surface area contributed by atoms with E-state index in [1.807, 2.05) is 62.4 Å². The molecule has 0 aromatic heterocycles. The first kappa shape index (κ1) is 14.8. The Bertz CT molecular complexity index is 676. The molecule has 3 nitrogen and oxygen atoms in total. The van der Waals surface area contributed by atoms with Crippen LogP contribution in [0.4, 0.5) is 0 Å². The Morgan fingerprint density at radius 3 is 2.25 bits per heavy atom. The van der Waals surface area contributed by atoms with E-state index in [1.165, 1.54) is 0 Å². The fraction of sp³-hybridized carbons (Fsp3) is 0.250. The highest BCUT2D eigenvalue weighted by Gasteiger charge is 2.12. The summed E-state index contributed by atoms with van der Waals surface area (Å²) < 4.78 is 26.8. The van der Waals surface area contributed by atoms with Gasteiger partial charge in [0, 0.05) is 6.54 Å². The molecule has 0 atom stereocenters.